The second kappa shape index (κ2) is 11.3. The van der Waals surface area contributed by atoms with Gasteiger partial charge in [-0.25, -0.2) is 0 Å². The topological polar surface area (TPSA) is 63.3 Å². The monoisotopic (exact) mass is 239 g/mol. The van der Waals surface area contributed by atoms with Gasteiger partial charge < -0.3 is 10.8 Å². The summed E-state index contributed by atoms with van der Waals surface area (Å²) < 4.78 is 0. The van der Waals surface area contributed by atoms with Crippen molar-refractivity contribution in [1.82, 2.24) is 0 Å². The molecule has 0 bridgehead atoms. The molecule has 0 fully saturated rings. The molecule has 0 saturated heterocycles. The molecule has 0 saturated carbocycles. The average Bonchev–Trinajstić information content (AvgIpc) is 1.63. The maximum absolute atomic E-state index is 10.1. The number of carbonyl (C=O) groups is 1. The highest BCUT2D eigenvalue weighted by molar-refractivity contribution is 5.86. The van der Waals surface area contributed by atoms with Crippen molar-refractivity contribution in [2.75, 3.05) is 0 Å². The molecule has 1 atom stereocenters. The van der Waals surface area contributed by atoms with Gasteiger partial charge in [0.25, 0.3) is 0 Å². The zero-order valence-corrected chi connectivity index (χ0v) is 9.47. The largest absolute Gasteiger partial charge is 0.480 e. The first-order chi connectivity index (χ1) is 4.04. The minimum atomic E-state index is -0.913. The number of rotatable bonds is 3. The molecular formula is C6H16Cl3NO2. The third-order valence-corrected chi connectivity index (χ3v) is 1.04. The molecule has 0 aromatic rings. The first-order valence-electron chi connectivity index (χ1n) is 3.02. The Morgan fingerprint density at radius 2 is 1.67 bits per heavy atom. The Hall–Kier alpha value is 0.300. The van der Waals surface area contributed by atoms with Gasteiger partial charge in [0.2, 0.25) is 0 Å². The van der Waals surface area contributed by atoms with Crippen LogP contribution in [-0.4, -0.2) is 17.1 Å². The fraction of sp³-hybridized carbons (Fsp3) is 0.833. The summed E-state index contributed by atoms with van der Waals surface area (Å²) in [7, 11) is 0. The fourth-order valence-corrected chi connectivity index (χ4v) is 0.609. The zero-order chi connectivity index (χ0) is 7.44. The lowest BCUT2D eigenvalue weighted by atomic mass is 10.1. The molecule has 12 heavy (non-hydrogen) atoms. The molecular weight excluding hydrogens is 224 g/mol. The molecule has 0 aromatic heterocycles. The van der Waals surface area contributed by atoms with Gasteiger partial charge in [-0.15, -0.1) is 37.2 Å². The van der Waals surface area contributed by atoms with E-state index in [1.165, 1.54) is 0 Å². The fourth-order valence-electron chi connectivity index (χ4n) is 0.609. The van der Waals surface area contributed by atoms with E-state index in [9.17, 15) is 4.79 Å². The van der Waals surface area contributed by atoms with Gasteiger partial charge in [-0.2, -0.15) is 0 Å². The third kappa shape index (κ3) is 12.9. The van der Waals surface area contributed by atoms with Crippen molar-refractivity contribution in [3.63, 3.8) is 0 Å². The Labute approximate surface area is 91.3 Å². The molecule has 3 N–H and O–H groups in total. The van der Waals surface area contributed by atoms with E-state index in [1.807, 2.05) is 13.8 Å². The molecule has 0 aliphatic rings. The zero-order valence-electron chi connectivity index (χ0n) is 7.02. The molecule has 78 valence electrons. The second-order valence-corrected chi connectivity index (χ2v) is 2.57. The summed E-state index contributed by atoms with van der Waals surface area (Å²) in [4.78, 5) is 10.1. The van der Waals surface area contributed by atoms with E-state index < -0.39 is 12.0 Å². The van der Waals surface area contributed by atoms with Crippen LogP contribution in [0.15, 0.2) is 0 Å². The van der Waals surface area contributed by atoms with Crippen LogP contribution in [-0.2, 0) is 4.79 Å². The van der Waals surface area contributed by atoms with Gasteiger partial charge in [0.15, 0.2) is 0 Å². The Morgan fingerprint density at radius 3 is 1.75 bits per heavy atom. The van der Waals surface area contributed by atoms with E-state index in [4.69, 9.17) is 10.8 Å². The maximum Gasteiger partial charge on any atom is 0.320 e. The Morgan fingerprint density at radius 1 is 1.33 bits per heavy atom. The van der Waals surface area contributed by atoms with E-state index in [1.54, 1.807) is 0 Å². The van der Waals surface area contributed by atoms with Crippen LogP contribution in [0, 0.1) is 5.92 Å². The number of hydrogen-bond donors (Lipinski definition) is 2. The maximum atomic E-state index is 10.1. The van der Waals surface area contributed by atoms with Gasteiger partial charge in [0, 0.05) is 0 Å². The van der Waals surface area contributed by atoms with Crippen LogP contribution < -0.4 is 5.73 Å². The van der Waals surface area contributed by atoms with Crippen LogP contribution in [0.1, 0.15) is 20.3 Å². The average molecular weight is 241 g/mol. The molecule has 1 unspecified atom stereocenters. The molecule has 0 spiro atoms. The van der Waals surface area contributed by atoms with Crippen molar-refractivity contribution in [3.05, 3.63) is 0 Å². The summed E-state index contributed by atoms with van der Waals surface area (Å²) in [6.45, 7) is 3.89. The van der Waals surface area contributed by atoms with Gasteiger partial charge in [0.05, 0.1) is 0 Å². The first kappa shape index (κ1) is 22.8. The van der Waals surface area contributed by atoms with Crippen LogP contribution in [0.25, 0.3) is 0 Å². The molecule has 0 heterocycles. The quantitative estimate of drug-likeness (QED) is 0.789. The van der Waals surface area contributed by atoms with Crippen LogP contribution in [0.2, 0.25) is 0 Å². The third-order valence-electron chi connectivity index (χ3n) is 1.04. The highest BCUT2D eigenvalue weighted by Crippen LogP contribution is 2.01. The summed E-state index contributed by atoms with van der Waals surface area (Å²) in [6.07, 6.45) is 0.551. The van der Waals surface area contributed by atoms with Crippen LogP contribution in [0.4, 0.5) is 0 Å². The molecule has 0 rings (SSSR count). The number of hydrogen-bond acceptors (Lipinski definition) is 2. The smallest absolute Gasteiger partial charge is 0.320 e. The van der Waals surface area contributed by atoms with Gasteiger partial charge in [-0.05, 0) is 12.3 Å². The van der Waals surface area contributed by atoms with E-state index in [0.29, 0.717) is 12.3 Å². The Balaban J connectivity index is -0.000000107. The van der Waals surface area contributed by atoms with Crippen molar-refractivity contribution in [2.24, 2.45) is 11.7 Å². The molecule has 0 radical (unpaired) electrons. The summed E-state index contributed by atoms with van der Waals surface area (Å²) in [5.41, 5.74) is 5.22. The summed E-state index contributed by atoms with van der Waals surface area (Å²) in [5.74, 6) is -0.556. The van der Waals surface area contributed by atoms with Crippen molar-refractivity contribution >= 4 is 43.2 Å². The highest BCUT2D eigenvalue weighted by atomic mass is 35.5. The second-order valence-electron chi connectivity index (χ2n) is 2.57. The van der Waals surface area contributed by atoms with E-state index in [-0.39, 0.29) is 37.2 Å². The van der Waals surface area contributed by atoms with Crippen molar-refractivity contribution in [2.45, 2.75) is 26.3 Å². The lowest BCUT2D eigenvalue weighted by molar-refractivity contribution is -0.138. The van der Waals surface area contributed by atoms with E-state index in [2.05, 4.69) is 0 Å². The standard InChI is InChI=1S/C6H13NO2.3ClH/c1-4(2)3-5(7)6(8)9;;;/h4-5H,3,7H2,1-2H3,(H,8,9);3*1H. The van der Waals surface area contributed by atoms with Gasteiger partial charge >= 0.3 is 5.97 Å². The molecule has 0 aliphatic heterocycles. The minimum absolute atomic E-state index is 0. The van der Waals surface area contributed by atoms with Crippen molar-refractivity contribution in [3.8, 4) is 0 Å². The molecule has 0 aromatic carbocycles. The van der Waals surface area contributed by atoms with Crippen molar-refractivity contribution < 1.29 is 9.90 Å². The molecule has 0 amide bonds. The Bertz CT molecular complexity index is 111. The predicted molar refractivity (Wildman–Crippen MR) is 56.8 cm³/mol. The molecule has 6 heteroatoms. The lowest BCUT2D eigenvalue weighted by Crippen LogP contribution is -2.31. The van der Waals surface area contributed by atoms with Crippen LogP contribution in [0.5, 0.6) is 0 Å². The SMILES string of the molecule is CC(C)CC(N)C(=O)O.Cl.Cl.Cl. The normalized spacial score (nSPS) is 10.3. The van der Waals surface area contributed by atoms with Gasteiger partial charge in [-0.1, -0.05) is 13.8 Å². The summed E-state index contributed by atoms with van der Waals surface area (Å²) >= 11 is 0. The highest BCUT2D eigenvalue weighted by Gasteiger charge is 2.11. The predicted octanol–water partition coefficient (Wildman–Crippen LogP) is 1.71. The first-order valence-corrected chi connectivity index (χ1v) is 3.02. The molecule has 3 nitrogen and oxygen atoms in total. The summed E-state index contributed by atoms with van der Waals surface area (Å²) in [6, 6.07) is -0.690. The van der Waals surface area contributed by atoms with Crippen molar-refractivity contribution in [1.29, 1.82) is 0 Å². The Kier molecular flexibility index (Phi) is 21.5. The number of carboxylic acid groups (broad SMARTS) is 1. The van der Waals surface area contributed by atoms with E-state index >= 15 is 0 Å². The van der Waals surface area contributed by atoms with Gasteiger partial charge in [0.1, 0.15) is 6.04 Å². The minimum Gasteiger partial charge on any atom is -0.480 e. The lowest BCUT2D eigenvalue weighted by Gasteiger charge is -2.07. The summed E-state index contributed by atoms with van der Waals surface area (Å²) in [5, 5.41) is 8.31. The number of aliphatic carboxylic acids is 1. The number of carboxylic acids is 1. The van der Waals surface area contributed by atoms with E-state index in [0.717, 1.165) is 0 Å². The number of nitrogens with two attached hydrogens (primary N) is 1. The van der Waals surface area contributed by atoms with Crippen LogP contribution >= 0.6 is 37.2 Å². The number of halogens is 3. The molecule has 0 aliphatic carbocycles. The van der Waals surface area contributed by atoms with Crippen LogP contribution in [0.3, 0.4) is 0 Å². The van der Waals surface area contributed by atoms with Gasteiger partial charge in [-0.3, -0.25) is 4.79 Å².